The number of nitro groups is 1. The molecule has 0 aliphatic rings. The number of nitro benzene ring substituents is 1. The van der Waals surface area contributed by atoms with Gasteiger partial charge in [0, 0.05) is 17.2 Å². The lowest BCUT2D eigenvalue weighted by molar-refractivity contribution is -0.388. The molecule has 2 N–H and O–H groups in total. The summed E-state index contributed by atoms with van der Waals surface area (Å²) in [4.78, 5) is 9.25. The summed E-state index contributed by atoms with van der Waals surface area (Å²) in [6.45, 7) is -0.334. The average Bonchev–Trinajstić information content (AvgIpc) is 2.25. The van der Waals surface area contributed by atoms with Crippen molar-refractivity contribution in [1.82, 2.24) is 0 Å². The quantitative estimate of drug-likeness (QED) is 0.495. The number of nitrogens with zero attached hydrogens (tertiary/aromatic N) is 2. The molecule has 0 atom stereocenters. The topological polar surface area (TPSA) is 127 Å². The fourth-order valence-electron chi connectivity index (χ4n) is 1.32. The van der Waals surface area contributed by atoms with Gasteiger partial charge in [0.05, 0.1) is 22.1 Å². The predicted octanol–water partition coefficient (Wildman–Crippen LogP) is 0.853. The van der Waals surface area contributed by atoms with Gasteiger partial charge in [-0.25, -0.2) is 8.42 Å². The van der Waals surface area contributed by atoms with Crippen LogP contribution in [0.1, 0.15) is 11.1 Å². The van der Waals surface area contributed by atoms with E-state index < -0.39 is 24.6 Å². The Bertz CT molecular complexity index is 620. The Hall–Kier alpha value is -1.69. The molecule has 1 rings (SSSR count). The molecule has 0 saturated carbocycles. The molecule has 1 aromatic carbocycles. The third-order valence-electron chi connectivity index (χ3n) is 2.02. The van der Waals surface area contributed by atoms with Gasteiger partial charge in [0.2, 0.25) is 0 Å². The molecule has 9 heteroatoms. The van der Waals surface area contributed by atoms with Crippen molar-refractivity contribution in [3.63, 3.8) is 0 Å². The zero-order valence-electron chi connectivity index (χ0n) is 8.25. The molecule has 0 aliphatic heterocycles. The number of halogens is 1. The first-order chi connectivity index (χ1) is 7.82. The number of rotatable bonds is 3. The van der Waals surface area contributed by atoms with Crippen molar-refractivity contribution in [2.75, 3.05) is 0 Å². The van der Waals surface area contributed by atoms with E-state index in [1.165, 1.54) is 0 Å². The van der Waals surface area contributed by atoms with E-state index in [4.69, 9.17) is 21.7 Å². The molecule has 7 nitrogen and oxygen atoms in total. The Morgan fingerprint density at radius 1 is 1.53 bits per heavy atom. The van der Waals surface area contributed by atoms with Crippen molar-refractivity contribution < 1.29 is 13.3 Å². The summed E-state index contributed by atoms with van der Waals surface area (Å²) in [6, 6.07) is 3.74. The van der Waals surface area contributed by atoms with Gasteiger partial charge in [-0.15, -0.1) is 0 Å². The van der Waals surface area contributed by atoms with Gasteiger partial charge < -0.3 is 5.73 Å². The van der Waals surface area contributed by atoms with Crippen LogP contribution in [-0.2, 0) is 15.6 Å². The van der Waals surface area contributed by atoms with E-state index in [2.05, 4.69) is 0 Å². The molecule has 0 saturated heterocycles. The summed E-state index contributed by atoms with van der Waals surface area (Å²) in [5.74, 6) is 0. The van der Waals surface area contributed by atoms with Crippen molar-refractivity contribution in [1.29, 1.82) is 5.26 Å². The minimum atomic E-state index is -4.27. The van der Waals surface area contributed by atoms with E-state index in [0.717, 1.165) is 12.1 Å². The molecule has 90 valence electrons. The second-order valence-electron chi connectivity index (χ2n) is 2.95. The molecule has 0 aromatic heterocycles. The maximum atomic E-state index is 11.2. The van der Waals surface area contributed by atoms with Crippen LogP contribution in [-0.4, -0.2) is 13.3 Å². The Balaban J connectivity index is 3.80. The van der Waals surface area contributed by atoms with Crippen molar-refractivity contribution in [3.8, 4) is 6.07 Å². The molecule has 0 unspecified atom stereocenters. The maximum absolute atomic E-state index is 11.2. The summed E-state index contributed by atoms with van der Waals surface area (Å²) in [5.41, 5.74) is 4.33. The molecular formula is C8H6ClN3O4S. The van der Waals surface area contributed by atoms with Gasteiger partial charge in [0.1, 0.15) is 0 Å². The van der Waals surface area contributed by atoms with E-state index in [1.54, 1.807) is 6.07 Å². The molecule has 0 spiro atoms. The van der Waals surface area contributed by atoms with E-state index in [0.29, 0.717) is 0 Å². The highest BCUT2D eigenvalue weighted by Crippen LogP contribution is 2.32. The van der Waals surface area contributed by atoms with Crippen LogP contribution in [0.15, 0.2) is 17.0 Å². The Morgan fingerprint density at radius 3 is 2.47 bits per heavy atom. The first-order valence-electron chi connectivity index (χ1n) is 4.18. The number of nitriles is 1. The Kier molecular flexibility index (Phi) is 3.67. The summed E-state index contributed by atoms with van der Waals surface area (Å²) in [5, 5.41) is 19.6. The van der Waals surface area contributed by atoms with Gasteiger partial charge in [0.25, 0.3) is 14.7 Å². The lowest BCUT2D eigenvalue weighted by atomic mass is 10.1. The van der Waals surface area contributed by atoms with E-state index >= 15 is 0 Å². The SMILES string of the molecule is N#Cc1ccc(S(=O)(=O)Cl)c([N+](=O)[O-])c1CN. The summed E-state index contributed by atoms with van der Waals surface area (Å²) < 4.78 is 22.3. The van der Waals surface area contributed by atoms with Crippen molar-refractivity contribution in [2.24, 2.45) is 5.73 Å². The van der Waals surface area contributed by atoms with Crippen LogP contribution < -0.4 is 5.73 Å². The van der Waals surface area contributed by atoms with Gasteiger partial charge in [-0.05, 0) is 12.1 Å². The number of hydrogen-bond donors (Lipinski definition) is 1. The summed E-state index contributed by atoms with van der Waals surface area (Å²) in [7, 11) is 0.806. The van der Waals surface area contributed by atoms with E-state index in [1.807, 2.05) is 0 Å². The molecule has 0 fully saturated rings. The fourth-order valence-corrected chi connectivity index (χ4v) is 2.36. The van der Waals surface area contributed by atoms with Crippen molar-refractivity contribution in [3.05, 3.63) is 33.4 Å². The minimum Gasteiger partial charge on any atom is -0.326 e. The summed E-state index contributed by atoms with van der Waals surface area (Å²) in [6.07, 6.45) is 0. The molecule has 0 radical (unpaired) electrons. The second kappa shape index (κ2) is 4.67. The van der Waals surface area contributed by atoms with Crippen molar-refractivity contribution >= 4 is 25.4 Å². The molecule has 0 amide bonds. The second-order valence-corrected chi connectivity index (χ2v) is 5.48. The van der Waals surface area contributed by atoms with Crippen LogP contribution in [0.2, 0.25) is 0 Å². The minimum absolute atomic E-state index is 0.0525. The molecule has 1 aromatic rings. The lowest BCUT2D eigenvalue weighted by Crippen LogP contribution is -2.08. The van der Waals surface area contributed by atoms with Crippen LogP contribution in [0.3, 0.4) is 0 Å². The van der Waals surface area contributed by atoms with Gasteiger partial charge in [-0.1, -0.05) is 0 Å². The van der Waals surface area contributed by atoms with Gasteiger partial charge in [-0.3, -0.25) is 10.1 Å². The fraction of sp³-hybridized carbons (Fsp3) is 0.125. The van der Waals surface area contributed by atoms with Crippen LogP contribution in [0.5, 0.6) is 0 Å². The number of nitrogens with two attached hydrogens (primary N) is 1. The Labute approximate surface area is 101 Å². The molecule has 0 heterocycles. The van der Waals surface area contributed by atoms with Crippen LogP contribution >= 0.6 is 10.7 Å². The first kappa shape index (κ1) is 13.4. The largest absolute Gasteiger partial charge is 0.326 e. The van der Waals surface area contributed by atoms with Crippen molar-refractivity contribution in [2.45, 2.75) is 11.4 Å². The smallest absolute Gasteiger partial charge is 0.295 e. The lowest BCUT2D eigenvalue weighted by Gasteiger charge is -2.05. The zero-order valence-corrected chi connectivity index (χ0v) is 9.83. The average molecular weight is 276 g/mol. The van der Waals surface area contributed by atoms with Gasteiger partial charge in [-0.2, -0.15) is 5.26 Å². The standard InChI is InChI=1S/C8H6ClN3O4S/c9-17(15,16)7-2-1-5(3-10)6(4-11)8(7)12(13)14/h1-2H,4,11H2. The number of hydrogen-bond acceptors (Lipinski definition) is 6. The molecular weight excluding hydrogens is 270 g/mol. The summed E-state index contributed by atoms with van der Waals surface area (Å²) >= 11 is 0. The molecule has 17 heavy (non-hydrogen) atoms. The molecule has 0 bridgehead atoms. The van der Waals surface area contributed by atoms with Crippen LogP contribution in [0, 0.1) is 21.4 Å². The van der Waals surface area contributed by atoms with E-state index in [9.17, 15) is 18.5 Å². The third kappa shape index (κ3) is 2.52. The maximum Gasteiger partial charge on any atom is 0.295 e. The third-order valence-corrected chi connectivity index (χ3v) is 3.37. The highest BCUT2D eigenvalue weighted by Gasteiger charge is 2.29. The molecule has 0 aliphatic carbocycles. The Morgan fingerprint density at radius 2 is 2.12 bits per heavy atom. The monoisotopic (exact) mass is 275 g/mol. The highest BCUT2D eigenvalue weighted by atomic mass is 35.7. The zero-order chi connectivity index (χ0) is 13.2. The first-order valence-corrected chi connectivity index (χ1v) is 6.49. The van der Waals surface area contributed by atoms with Crippen LogP contribution in [0.4, 0.5) is 5.69 Å². The number of benzene rings is 1. The van der Waals surface area contributed by atoms with Crippen LogP contribution in [0.25, 0.3) is 0 Å². The van der Waals surface area contributed by atoms with E-state index in [-0.39, 0.29) is 17.7 Å². The van der Waals surface area contributed by atoms with Gasteiger partial charge in [0.15, 0.2) is 4.90 Å². The normalized spacial score (nSPS) is 10.9. The van der Waals surface area contributed by atoms with Gasteiger partial charge >= 0.3 is 0 Å². The highest BCUT2D eigenvalue weighted by molar-refractivity contribution is 8.13. The predicted molar refractivity (Wildman–Crippen MR) is 58.7 cm³/mol.